The van der Waals surface area contributed by atoms with Gasteiger partial charge in [0, 0.05) is 5.39 Å². The quantitative estimate of drug-likeness (QED) is 0.869. The van der Waals surface area contributed by atoms with E-state index in [9.17, 15) is 8.78 Å². The zero-order valence-electron chi connectivity index (χ0n) is 10.5. The molecule has 1 N–H and O–H groups in total. The second-order valence-corrected chi connectivity index (χ2v) is 4.41. The Labute approximate surface area is 105 Å². The van der Waals surface area contributed by atoms with Gasteiger partial charge in [-0.15, -0.1) is 0 Å². The van der Waals surface area contributed by atoms with Gasteiger partial charge in [0.25, 0.3) is 6.43 Å². The summed E-state index contributed by atoms with van der Waals surface area (Å²) >= 11 is 0. The van der Waals surface area contributed by atoms with Gasteiger partial charge < -0.3 is 9.73 Å². The van der Waals surface area contributed by atoms with Gasteiger partial charge in [0.1, 0.15) is 17.4 Å². The molecule has 0 fully saturated rings. The lowest BCUT2D eigenvalue weighted by Gasteiger charge is -2.14. The summed E-state index contributed by atoms with van der Waals surface area (Å²) in [5.74, 6) is 0.308. The van der Waals surface area contributed by atoms with Gasteiger partial charge in [-0.1, -0.05) is 25.1 Å². The lowest BCUT2D eigenvalue weighted by Crippen LogP contribution is -2.27. The lowest BCUT2D eigenvalue weighted by molar-refractivity contribution is 0.0889. The molecule has 1 aromatic heterocycles. The van der Waals surface area contributed by atoms with Crippen LogP contribution in [-0.4, -0.2) is 13.0 Å². The van der Waals surface area contributed by atoms with Crippen molar-refractivity contribution in [1.82, 2.24) is 5.32 Å². The van der Waals surface area contributed by atoms with Crippen LogP contribution in [0.15, 0.2) is 28.7 Å². The topological polar surface area (TPSA) is 25.2 Å². The van der Waals surface area contributed by atoms with Gasteiger partial charge in [-0.3, -0.25) is 0 Å². The Morgan fingerprint density at radius 1 is 1.33 bits per heavy atom. The maximum atomic E-state index is 13.0. The van der Waals surface area contributed by atoms with Crippen LogP contribution in [0.25, 0.3) is 11.0 Å². The molecule has 2 rings (SSSR count). The van der Waals surface area contributed by atoms with Crippen molar-refractivity contribution in [2.24, 2.45) is 0 Å². The first-order valence-electron chi connectivity index (χ1n) is 6.14. The zero-order valence-corrected chi connectivity index (χ0v) is 10.5. The summed E-state index contributed by atoms with van der Waals surface area (Å²) in [6.45, 7) is 4.40. The highest BCUT2D eigenvalue weighted by atomic mass is 19.3. The molecular formula is C14H17F2NO. The maximum Gasteiger partial charge on any atom is 0.260 e. The van der Waals surface area contributed by atoms with Gasteiger partial charge in [-0.25, -0.2) is 8.78 Å². The summed E-state index contributed by atoms with van der Waals surface area (Å²) in [7, 11) is 0. The number of furan rings is 1. The Bertz CT molecular complexity index is 521. The molecule has 0 radical (unpaired) electrons. The van der Waals surface area contributed by atoms with E-state index in [1.807, 2.05) is 32.0 Å². The minimum absolute atomic E-state index is 0.308. The molecule has 4 heteroatoms. The molecule has 0 bridgehead atoms. The number of hydrogen-bond acceptors (Lipinski definition) is 2. The van der Waals surface area contributed by atoms with Crippen molar-refractivity contribution >= 4 is 11.0 Å². The maximum absolute atomic E-state index is 13.0. The highest BCUT2D eigenvalue weighted by Crippen LogP contribution is 2.29. The van der Waals surface area contributed by atoms with E-state index in [0.717, 1.165) is 17.4 Å². The summed E-state index contributed by atoms with van der Waals surface area (Å²) in [5.41, 5.74) is 1.65. The number of para-hydroxylation sites is 1. The van der Waals surface area contributed by atoms with Crippen LogP contribution in [0.3, 0.4) is 0 Å². The molecule has 1 heterocycles. The fourth-order valence-electron chi connectivity index (χ4n) is 2.00. The standard InChI is InChI=1S/C14H17F2NO/c1-3-7-17-12(14(15)16)11-8-10-6-4-5-9(2)13(10)18-11/h4-6,8,12,14,17H,3,7H2,1-2H3. The van der Waals surface area contributed by atoms with Crippen LogP contribution in [0.4, 0.5) is 8.78 Å². The molecule has 0 aliphatic heterocycles. The van der Waals surface area contributed by atoms with Crippen molar-refractivity contribution in [3.63, 3.8) is 0 Å². The van der Waals surface area contributed by atoms with Gasteiger partial charge in [-0.05, 0) is 31.5 Å². The minimum atomic E-state index is -2.47. The number of hydrogen-bond donors (Lipinski definition) is 1. The average Bonchev–Trinajstić information content (AvgIpc) is 2.74. The number of halogens is 2. The third-order valence-corrected chi connectivity index (χ3v) is 2.93. The molecule has 0 aliphatic carbocycles. The first-order chi connectivity index (χ1) is 8.63. The third-order valence-electron chi connectivity index (χ3n) is 2.93. The molecule has 0 spiro atoms. The second-order valence-electron chi connectivity index (χ2n) is 4.41. The van der Waals surface area contributed by atoms with Gasteiger partial charge in [0.2, 0.25) is 0 Å². The number of rotatable bonds is 5. The van der Waals surface area contributed by atoms with Crippen molar-refractivity contribution in [3.8, 4) is 0 Å². The number of alkyl halides is 2. The van der Waals surface area contributed by atoms with E-state index in [2.05, 4.69) is 5.32 Å². The molecule has 18 heavy (non-hydrogen) atoms. The SMILES string of the molecule is CCCNC(c1cc2cccc(C)c2o1)C(F)F. The van der Waals surface area contributed by atoms with Gasteiger partial charge >= 0.3 is 0 Å². The largest absolute Gasteiger partial charge is 0.459 e. The normalized spacial score (nSPS) is 13.4. The van der Waals surface area contributed by atoms with Crippen LogP contribution in [0.1, 0.15) is 30.7 Å². The van der Waals surface area contributed by atoms with Gasteiger partial charge in [0.15, 0.2) is 0 Å². The van der Waals surface area contributed by atoms with Crippen molar-refractivity contribution in [1.29, 1.82) is 0 Å². The molecule has 0 saturated carbocycles. The number of nitrogens with one attached hydrogen (secondary N) is 1. The van der Waals surface area contributed by atoms with Crippen molar-refractivity contribution in [3.05, 3.63) is 35.6 Å². The molecule has 98 valence electrons. The fraction of sp³-hybridized carbons (Fsp3) is 0.429. The van der Waals surface area contributed by atoms with E-state index in [1.54, 1.807) is 6.07 Å². The predicted octanol–water partition coefficient (Wildman–Crippen LogP) is 4.05. The molecule has 0 saturated heterocycles. The van der Waals surface area contributed by atoms with Crippen molar-refractivity contribution in [2.45, 2.75) is 32.7 Å². The molecule has 1 atom stereocenters. The Morgan fingerprint density at radius 2 is 2.11 bits per heavy atom. The van der Waals surface area contributed by atoms with Crippen LogP contribution < -0.4 is 5.32 Å². The molecule has 2 aromatic rings. The molecule has 1 aromatic carbocycles. The smallest absolute Gasteiger partial charge is 0.260 e. The van der Waals surface area contributed by atoms with E-state index in [1.165, 1.54) is 0 Å². The van der Waals surface area contributed by atoms with E-state index >= 15 is 0 Å². The third kappa shape index (κ3) is 2.53. The Morgan fingerprint density at radius 3 is 2.72 bits per heavy atom. The Kier molecular flexibility index (Phi) is 3.97. The van der Waals surface area contributed by atoms with Crippen LogP contribution in [-0.2, 0) is 0 Å². The monoisotopic (exact) mass is 253 g/mol. The second kappa shape index (κ2) is 5.48. The fourth-order valence-corrected chi connectivity index (χ4v) is 2.00. The van der Waals surface area contributed by atoms with Crippen LogP contribution >= 0.6 is 0 Å². The van der Waals surface area contributed by atoms with Crippen molar-refractivity contribution in [2.75, 3.05) is 6.54 Å². The summed E-state index contributed by atoms with van der Waals surface area (Å²) in [4.78, 5) is 0. The molecule has 0 aliphatic rings. The molecule has 1 unspecified atom stereocenters. The first kappa shape index (κ1) is 13.0. The average molecular weight is 253 g/mol. The Hall–Kier alpha value is -1.42. The minimum Gasteiger partial charge on any atom is -0.459 e. The summed E-state index contributed by atoms with van der Waals surface area (Å²) in [6, 6.07) is 6.34. The van der Waals surface area contributed by atoms with E-state index < -0.39 is 12.5 Å². The van der Waals surface area contributed by atoms with Crippen LogP contribution in [0, 0.1) is 6.92 Å². The summed E-state index contributed by atoms with van der Waals surface area (Å²) in [6.07, 6.45) is -1.67. The summed E-state index contributed by atoms with van der Waals surface area (Å²) in [5, 5.41) is 3.69. The molecule has 0 amide bonds. The van der Waals surface area contributed by atoms with E-state index in [-0.39, 0.29) is 0 Å². The number of fused-ring (bicyclic) bond motifs is 1. The summed E-state index contributed by atoms with van der Waals surface area (Å²) < 4.78 is 31.6. The van der Waals surface area contributed by atoms with E-state index in [4.69, 9.17) is 4.42 Å². The first-order valence-corrected chi connectivity index (χ1v) is 6.14. The van der Waals surface area contributed by atoms with Crippen LogP contribution in [0.5, 0.6) is 0 Å². The number of aryl methyl sites for hydroxylation is 1. The van der Waals surface area contributed by atoms with E-state index in [0.29, 0.717) is 17.9 Å². The van der Waals surface area contributed by atoms with Crippen LogP contribution in [0.2, 0.25) is 0 Å². The number of benzene rings is 1. The molecular weight excluding hydrogens is 236 g/mol. The zero-order chi connectivity index (χ0) is 13.1. The molecule has 2 nitrogen and oxygen atoms in total. The highest BCUT2D eigenvalue weighted by Gasteiger charge is 2.25. The van der Waals surface area contributed by atoms with Crippen molar-refractivity contribution < 1.29 is 13.2 Å². The Balaban J connectivity index is 2.35. The highest BCUT2D eigenvalue weighted by molar-refractivity contribution is 5.81. The predicted molar refractivity (Wildman–Crippen MR) is 68.0 cm³/mol. The van der Waals surface area contributed by atoms with Gasteiger partial charge in [-0.2, -0.15) is 0 Å². The van der Waals surface area contributed by atoms with Gasteiger partial charge in [0.05, 0.1) is 0 Å². The lowest BCUT2D eigenvalue weighted by atomic mass is 10.1.